The van der Waals surface area contributed by atoms with E-state index < -0.39 is 5.82 Å². The third-order valence-corrected chi connectivity index (χ3v) is 3.65. The molecule has 1 N–H and O–H groups in total. The van der Waals surface area contributed by atoms with Gasteiger partial charge < -0.3 is 14.8 Å². The van der Waals surface area contributed by atoms with E-state index in [1.807, 2.05) is 13.8 Å². The number of anilines is 1. The zero-order valence-electron chi connectivity index (χ0n) is 15.6. The SMILES string of the molecule is CCOc1ccc(NC(=O)Cn2nnc(-c3cccc(F)c3)n2)cc1OCC. The molecule has 0 bridgehead atoms. The summed E-state index contributed by atoms with van der Waals surface area (Å²) in [6.07, 6.45) is 0. The lowest BCUT2D eigenvalue weighted by molar-refractivity contribution is -0.117. The summed E-state index contributed by atoms with van der Waals surface area (Å²) in [4.78, 5) is 13.4. The lowest BCUT2D eigenvalue weighted by Crippen LogP contribution is -2.20. The van der Waals surface area contributed by atoms with E-state index in [0.717, 1.165) is 4.80 Å². The molecule has 0 saturated carbocycles. The maximum Gasteiger partial charge on any atom is 0.248 e. The van der Waals surface area contributed by atoms with Crippen LogP contribution >= 0.6 is 0 Å². The predicted molar refractivity (Wildman–Crippen MR) is 101 cm³/mol. The molecule has 1 heterocycles. The Labute approximate surface area is 161 Å². The number of ether oxygens (including phenoxy) is 2. The second-order valence-electron chi connectivity index (χ2n) is 5.73. The van der Waals surface area contributed by atoms with Crippen LogP contribution in [-0.2, 0) is 11.3 Å². The average molecular weight is 385 g/mol. The highest BCUT2D eigenvalue weighted by molar-refractivity contribution is 5.90. The van der Waals surface area contributed by atoms with E-state index in [1.165, 1.54) is 12.1 Å². The van der Waals surface area contributed by atoms with Crippen molar-refractivity contribution in [1.29, 1.82) is 0 Å². The molecule has 0 fully saturated rings. The van der Waals surface area contributed by atoms with Gasteiger partial charge in [-0.3, -0.25) is 4.79 Å². The van der Waals surface area contributed by atoms with Gasteiger partial charge in [0.1, 0.15) is 12.4 Å². The van der Waals surface area contributed by atoms with Gasteiger partial charge in [0.15, 0.2) is 11.5 Å². The molecule has 0 atom stereocenters. The lowest BCUT2D eigenvalue weighted by Gasteiger charge is -2.12. The van der Waals surface area contributed by atoms with Gasteiger partial charge >= 0.3 is 0 Å². The van der Waals surface area contributed by atoms with E-state index in [4.69, 9.17) is 9.47 Å². The molecule has 0 radical (unpaired) electrons. The second-order valence-corrected chi connectivity index (χ2v) is 5.73. The number of hydrogen-bond donors (Lipinski definition) is 1. The number of nitrogens with one attached hydrogen (secondary N) is 1. The van der Waals surface area contributed by atoms with Crippen molar-refractivity contribution in [2.24, 2.45) is 0 Å². The van der Waals surface area contributed by atoms with Crippen molar-refractivity contribution in [3.8, 4) is 22.9 Å². The van der Waals surface area contributed by atoms with Gasteiger partial charge in [-0.05, 0) is 43.3 Å². The van der Waals surface area contributed by atoms with Gasteiger partial charge in [0.2, 0.25) is 11.7 Å². The number of tetrazole rings is 1. The fourth-order valence-corrected chi connectivity index (χ4v) is 2.51. The molecule has 146 valence electrons. The van der Waals surface area contributed by atoms with Crippen molar-refractivity contribution in [1.82, 2.24) is 20.2 Å². The normalized spacial score (nSPS) is 10.5. The van der Waals surface area contributed by atoms with Crippen LogP contribution in [0.2, 0.25) is 0 Å². The monoisotopic (exact) mass is 385 g/mol. The Balaban J connectivity index is 1.66. The molecule has 8 nitrogen and oxygen atoms in total. The van der Waals surface area contributed by atoms with Crippen LogP contribution in [0.25, 0.3) is 11.4 Å². The Hall–Kier alpha value is -3.49. The third kappa shape index (κ3) is 4.81. The number of carbonyl (C=O) groups is 1. The number of aromatic nitrogens is 4. The van der Waals surface area contributed by atoms with Crippen molar-refractivity contribution in [3.05, 3.63) is 48.3 Å². The van der Waals surface area contributed by atoms with Crippen LogP contribution in [0.1, 0.15) is 13.8 Å². The topological polar surface area (TPSA) is 91.2 Å². The van der Waals surface area contributed by atoms with E-state index in [9.17, 15) is 9.18 Å². The second kappa shape index (κ2) is 8.94. The van der Waals surface area contributed by atoms with Crippen LogP contribution in [0.4, 0.5) is 10.1 Å². The smallest absolute Gasteiger partial charge is 0.248 e. The molecule has 28 heavy (non-hydrogen) atoms. The number of hydrogen-bond acceptors (Lipinski definition) is 6. The summed E-state index contributed by atoms with van der Waals surface area (Å²) >= 11 is 0. The number of carbonyl (C=O) groups excluding carboxylic acids is 1. The minimum atomic E-state index is -0.396. The molecule has 0 saturated heterocycles. The molecule has 0 aliphatic rings. The Kier molecular flexibility index (Phi) is 6.15. The first-order valence-corrected chi connectivity index (χ1v) is 8.82. The minimum Gasteiger partial charge on any atom is -0.490 e. The number of benzene rings is 2. The van der Waals surface area contributed by atoms with Gasteiger partial charge in [0.25, 0.3) is 0 Å². The van der Waals surface area contributed by atoms with E-state index >= 15 is 0 Å². The van der Waals surface area contributed by atoms with Gasteiger partial charge in [0.05, 0.1) is 13.2 Å². The van der Waals surface area contributed by atoms with Gasteiger partial charge in [-0.1, -0.05) is 12.1 Å². The quantitative estimate of drug-likeness (QED) is 0.641. The summed E-state index contributed by atoms with van der Waals surface area (Å²) < 4.78 is 24.4. The highest BCUT2D eigenvalue weighted by Crippen LogP contribution is 2.30. The van der Waals surface area contributed by atoms with E-state index in [2.05, 4.69) is 20.7 Å². The van der Waals surface area contributed by atoms with Crippen molar-refractivity contribution < 1.29 is 18.7 Å². The Bertz CT molecular complexity index is 960. The van der Waals surface area contributed by atoms with Gasteiger partial charge in [-0.15, -0.1) is 10.2 Å². The summed E-state index contributed by atoms with van der Waals surface area (Å²) in [5.41, 5.74) is 1.04. The minimum absolute atomic E-state index is 0.139. The summed E-state index contributed by atoms with van der Waals surface area (Å²) in [6, 6.07) is 11.0. The predicted octanol–water partition coefficient (Wildman–Crippen LogP) is 2.92. The van der Waals surface area contributed by atoms with Gasteiger partial charge in [-0.25, -0.2) is 4.39 Å². The van der Waals surface area contributed by atoms with Crippen LogP contribution < -0.4 is 14.8 Å². The first-order chi connectivity index (χ1) is 13.6. The third-order valence-electron chi connectivity index (χ3n) is 3.65. The lowest BCUT2D eigenvalue weighted by atomic mass is 10.2. The van der Waals surface area contributed by atoms with Crippen LogP contribution in [0.15, 0.2) is 42.5 Å². The van der Waals surface area contributed by atoms with E-state index in [0.29, 0.717) is 36.0 Å². The number of amides is 1. The van der Waals surface area contributed by atoms with E-state index in [1.54, 1.807) is 30.3 Å². The molecule has 2 aromatic carbocycles. The van der Waals surface area contributed by atoms with Crippen molar-refractivity contribution >= 4 is 11.6 Å². The number of nitrogens with zero attached hydrogens (tertiary/aromatic N) is 4. The van der Waals surface area contributed by atoms with Crippen molar-refractivity contribution in [3.63, 3.8) is 0 Å². The molecule has 9 heteroatoms. The molecule has 3 rings (SSSR count). The average Bonchev–Trinajstić information content (AvgIpc) is 3.12. The summed E-state index contributed by atoms with van der Waals surface area (Å²) in [5.74, 6) is 0.670. The zero-order chi connectivity index (χ0) is 19.9. The molecular weight excluding hydrogens is 365 g/mol. The number of rotatable bonds is 8. The molecule has 0 unspecified atom stereocenters. The molecule has 0 spiro atoms. The first kappa shape index (κ1) is 19.3. The standard InChI is InChI=1S/C19H20FN5O3/c1-3-27-16-9-8-15(11-17(16)28-4-2)21-18(26)12-25-23-19(22-24-25)13-6-5-7-14(20)10-13/h5-11H,3-4,12H2,1-2H3,(H,21,26). The number of halogens is 1. The van der Waals surface area contributed by atoms with Crippen LogP contribution in [0, 0.1) is 5.82 Å². The molecular formula is C19H20FN5O3. The maximum atomic E-state index is 13.3. The maximum absolute atomic E-state index is 13.3. The summed E-state index contributed by atoms with van der Waals surface area (Å²) in [5, 5.41) is 14.6. The Morgan fingerprint density at radius 2 is 1.89 bits per heavy atom. The van der Waals surface area contributed by atoms with Gasteiger partial charge in [0, 0.05) is 17.3 Å². The van der Waals surface area contributed by atoms with Crippen molar-refractivity contribution in [2.75, 3.05) is 18.5 Å². The van der Waals surface area contributed by atoms with Crippen molar-refractivity contribution in [2.45, 2.75) is 20.4 Å². The highest BCUT2D eigenvalue weighted by Gasteiger charge is 2.12. The van der Waals surface area contributed by atoms with Crippen LogP contribution in [-0.4, -0.2) is 39.3 Å². The fraction of sp³-hybridized carbons (Fsp3) is 0.263. The molecule has 1 amide bonds. The van der Waals surface area contributed by atoms with E-state index in [-0.39, 0.29) is 18.3 Å². The molecule has 0 aliphatic heterocycles. The largest absolute Gasteiger partial charge is 0.490 e. The Morgan fingerprint density at radius 3 is 2.64 bits per heavy atom. The van der Waals surface area contributed by atoms with Gasteiger partial charge in [-0.2, -0.15) is 4.80 Å². The molecule has 1 aromatic heterocycles. The molecule has 3 aromatic rings. The summed E-state index contributed by atoms with van der Waals surface area (Å²) in [7, 11) is 0. The van der Waals surface area contributed by atoms with Crippen LogP contribution in [0.5, 0.6) is 11.5 Å². The summed E-state index contributed by atoms with van der Waals surface area (Å²) in [6.45, 7) is 4.60. The Morgan fingerprint density at radius 1 is 1.11 bits per heavy atom. The van der Waals surface area contributed by atoms with Crippen LogP contribution in [0.3, 0.4) is 0 Å². The fourth-order valence-electron chi connectivity index (χ4n) is 2.51. The first-order valence-electron chi connectivity index (χ1n) is 8.82. The molecule has 0 aliphatic carbocycles. The zero-order valence-corrected chi connectivity index (χ0v) is 15.6. The highest BCUT2D eigenvalue weighted by atomic mass is 19.1.